The highest BCUT2D eigenvalue weighted by molar-refractivity contribution is 7.26. The van der Waals surface area contributed by atoms with Crippen LogP contribution in [0.4, 0.5) is 17.1 Å². The number of hydrogen-bond acceptors (Lipinski definition) is 2. The lowest BCUT2D eigenvalue weighted by molar-refractivity contribution is 0.445. The molecule has 2 heterocycles. The van der Waals surface area contributed by atoms with E-state index in [0.717, 1.165) is 22.7 Å². The third-order valence-electron chi connectivity index (χ3n) is 14.4. The van der Waals surface area contributed by atoms with Crippen molar-refractivity contribution in [1.82, 2.24) is 4.57 Å². The van der Waals surface area contributed by atoms with Crippen molar-refractivity contribution in [2.45, 2.75) is 38.0 Å². The zero-order valence-electron chi connectivity index (χ0n) is 37.3. The van der Waals surface area contributed by atoms with Gasteiger partial charge in [0.25, 0.3) is 0 Å². The lowest BCUT2D eigenvalue weighted by atomic mass is 9.80. The first kappa shape index (κ1) is 39.6. The average Bonchev–Trinajstić information content (AvgIpc) is 3.95. The summed E-state index contributed by atoms with van der Waals surface area (Å²) in [6.07, 6.45) is 6.44. The second kappa shape index (κ2) is 16.6. The second-order valence-corrected chi connectivity index (χ2v) is 19.3. The molecule has 0 aliphatic heterocycles. The smallest absolute Gasteiger partial charge is 0.0547 e. The Morgan fingerprint density at radius 1 is 0.418 bits per heavy atom. The molecule has 1 saturated carbocycles. The van der Waals surface area contributed by atoms with Crippen LogP contribution in [0, 0.1) is 0 Å². The van der Waals surface area contributed by atoms with Crippen molar-refractivity contribution >= 4 is 81.1 Å². The molecule has 0 saturated heterocycles. The Morgan fingerprint density at radius 3 is 1.87 bits per heavy atom. The van der Waals surface area contributed by atoms with E-state index in [4.69, 9.17) is 0 Å². The van der Waals surface area contributed by atoms with Gasteiger partial charge in [0, 0.05) is 59.0 Å². The van der Waals surface area contributed by atoms with E-state index in [0.29, 0.717) is 5.92 Å². The summed E-state index contributed by atoms with van der Waals surface area (Å²) in [5, 5.41) is 7.82. The van der Waals surface area contributed by atoms with Crippen molar-refractivity contribution in [3.05, 3.63) is 230 Å². The number of thiophene rings is 1. The Balaban J connectivity index is 1.05. The summed E-state index contributed by atoms with van der Waals surface area (Å²) >= 11 is 1.89. The lowest BCUT2D eigenvalue weighted by Crippen LogP contribution is -2.13. The van der Waals surface area contributed by atoms with Gasteiger partial charge in [0.05, 0.1) is 22.4 Å². The van der Waals surface area contributed by atoms with E-state index in [2.05, 4.69) is 234 Å². The van der Waals surface area contributed by atoms with E-state index in [9.17, 15) is 0 Å². The zero-order chi connectivity index (χ0) is 44.3. The van der Waals surface area contributed by atoms with Crippen molar-refractivity contribution in [1.29, 1.82) is 0 Å². The van der Waals surface area contributed by atoms with Crippen LogP contribution in [-0.4, -0.2) is 4.57 Å². The van der Waals surface area contributed by atoms with Gasteiger partial charge in [0.2, 0.25) is 0 Å². The maximum atomic E-state index is 2.54. The summed E-state index contributed by atoms with van der Waals surface area (Å²) in [6, 6.07) is 83.6. The predicted molar refractivity (Wildman–Crippen MR) is 288 cm³/mol. The fourth-order valence-corrected chi connectivity index (χ4v) is 12.6. The molecule has 1 aliphatic rings. The summed E-state index contributed by atoms with van der Waals surface area (Å²) in [4.78, 5) is 2.54. The van der Waals surface area contributed by atoms with Crippen LogP contribution in [0.2, 0.25) is 0 Å². The Kier molecular flexibility index (Phi) is 9.83. The first-order valence-electron chi connectivity index (χ1n) is 23.9. The van der Waals surface area contributed by atoms with Gasteiger partial charge < -0.3 is 9.47 Å². The van der Waals surface area contributed by atoms with Crippen molar-refractivity contribution in [2.24, 2.45) is 0 Å². The van der Waals surface area contributed by atoms with Crippen molar-refractivity contribution in [2.75, 3.05) is 4.90 Å². The Hall–Kier alpha value is -7.72. The van der Waals surface area contributed by atoms with Gasteiger partial charge in [-0.1, -0.05) is 189 Å². The standard InChI is InChI=1S/C64H48N2S/c1-3-19-43(20-4-1)49-31-16-21-44-22-17-32-55(63(44)49)51-28-8-12-36-59(51)66(60-37-13-9-29-52(60)56-33-18-34-57-54-30-10-14-38-62(54)67-64(56)57)48-26-15-23-45(41-48)46-39-40-53-50-27-7-11-35-58(50)65(61(53)42-46)47-24-5-2-6-25-47/h2,5-18,21-43H,1,3-4,19-20H2. The molecule has 3 heteroatoms. The molecule has 10 aromatic carbocycles. The minimum absolute atomic E-state index is 0.569. The molecule has 0 amide bonds. The molecule has 67 heavy (non-hydrogen) atoms. The number of rotatable bonds is 8. The molecule has 2 aromatic heterocycles. The molecular weight excluding hydrogens is 829 g/mol. The number of para-hydroxylation sites is 4. The van der Waals surface area contributed by atoms with E-state index in [-0.39, 0.29) is 0 Å². The first-order valence-corrected chi connectivity index (χ1v) is 24.7. The predicted octanol–water partition coefficient (Wildman–Crippen LogP) is 18.8. The molecule has 13 rings (SSSR count). The normalized spacial score (nSPS) is 13.3. The van der Waals surface area contributed by atoms with E-state index in [1.807, 2.05) is 11.3 Å². The molecule has 0 unspecified atom stereocenters. The number of aromatic nitrogens is 1. The third kappa shape index (κ3) is 6.76. The Morgan fingerprint density at radius 2 is 1.03 bits per heavy atom. The van der Waals surface area contributed by atoms with Crippen LogP contribution < -0.4 is 4.90 Å². The third-order valence-corrected chi connectivity index (χ3v) is 15.6. The molecule has 0 bridgehead atoms. The second-order valence-electron chi connectivity index (χ2n) is 18.2. The SMILES string of the molecule is c1ccc(-n2c3ccccc3c3ccc(-c4cccc(N(c5ccccc5-c5cccc6c5sc5ccccc56)c5ccccc5-c5cccc6cccc(C7CCCCC7)c56)c4)cc32)cc1. The number of hydrogen-bond donors (Lipinski definition) is 0. The quantitative estimate of drug-likeness (QED) is 0.148. The van der Waals surface area contributed by atoms with Crippen LogP contribution in [0.3, 0.4) is 0 Å². The highest BCUT2D eigenvalue weighted by Crippen LogP contribution is 2.50. The van der Waals surface area contributed by atoms with Crippen LogP contribution in [0.1, 0.15) is 43.6 Å². The molecule has 1 aliphatic carbocycles. The van der Waals surface area contributed by atoms with Gasteiger partial charge in [0.15, 0.2) is 0 Å². The summed E-state index contributed by atoms with van der Waals surface area (Å²) in [6.45, 7) is 0. The van der Waals surface area contributed by atoms with Crippen molar-refractivity contribution in [3.63, 3.8) is 0 Å². The van der Waals surface area contributed by atoms with Gasteiger partial charge in [-0.2, -0.15) is 0 Å². The number of fused-ring (bicyclic) bond motifs is 7. The molecule has 2 nitrogen and oxygen atoms in total. The highest BCUT2D eigenvalue weighted by atomic mass is 32.1. The number of benzene rings is 10. The largest absolute Gasteiger partial charge is 0.309 e. The molecule has 0 N–H and O–H groups in total. The maximum Gasteiger partial charge on any atom is 0.0547 e. The summed E-state index contributed by atoms with van der Waals surface area (Å²) in [7, 11) is 0. The molecule has 0 radical (unpaired) electrons. The topological polar surface area (TPSA) is 8.17 Å². The summed E-state index contributed by atoms with van der Waals surface area (Å²) < 4.78 is 5.04. The highest BCUT2D eigenvalue weighted by Gasteiger charge is 2.25. The number of anilines is 3. The minimum atomic E-state index is 0.569. The van der Waals surface area contributed by atoms with Crippen LogP contribution in [0.25, 0.3) is 91.8 Å². The molecule has 1 fully saturated rings. The molecule has 12 aromatic rings. The Labute approximate surface area is 395 Å². The minimum Gasteiger partial charge on any atom is -0.309 e. The average molecular weight is 877 g/mol. The van der Waals surface area contributed by atoms with Gasteiger partial charge in [0.1, 0.15) is 0 Å². The van der Waals surface area contributed by atoms with E-state index in [1.54, 1.807) is 0 Å². The fraction of sp³-hybridized carbons (Fsp3) is 0.0938. The monoisotopic (exact) mass is 876 g/mol. The zero-order valence-corrected chi connectivity index (χ0v) is 38.1. The van der Waals surface area contributed by atoms with Gasteiger partial charge >= 0.3 is 0 Å². The van der Waals surface area contributed by atoms with Crippen LogP contribution in [0.15, 0.2) is 224 Å². The molecule has 320 valence electrons. The maximum absolute atomic E-state index is 2.54. The molecule has 0 atom stereocenters. The van der Waals surface area contributed by atoms with Gasteiger partial charge in [-0.05, 0) is 106 Å². The summed E-state index contributed by atoms with van der Waals surface area (Å²) in [5.74, 6) is 0.569. The van der Waals surface area contributed by atoms with Crippen LogP contribution in [0.5, 0.6) is 0 Å². The molecule has 0 spiro atoms. The fourth-order valence-electron chi connectivity index (χ4n) is 11.3. The van der Waals surface area contributed by atoms with Crippen LogP contribution in [-0.2, 0) is 0 Å². The van der Waals surface area contributed by atoms with Crippen molar-refractivity contribution in [3.8, 4) is 39.1 Å². The van der Waals surface area contributed by atoms with E-state index < -0.39 is 0 Å². The van der Waals surface area contributed by atoms with Gasteiger partial charge in [-0.25, -0.2) is 0 Å². The van der Waals surface area contributed by atoms with Crippen molar-refractivity contribution < 1.29 is 0 Å². The van der Waals surface area contributed by atoms with Gasteiger partial charge in [-0.3, -0.25) is 0 Å². The van der Waals surface area contributed by atoms with Crippen LogP contribution >= 0.6 is 11.3 Å². The lowest BCUT2D eigenvalue weighted by Gasteiger charge is -2.31. The number of nitrogens with zero attached hydrogens (tertiary/aromatic N) is 2. The molecular formula is C64H48N2S. The summed E-state index contributed by atoms with van der Waals surface area (Å²) in [5.41, 5.74) is 15.8. The van der Waals surface area contributed by atoms with Gasteiger partial charge in [-0.15, -0.1) is 11.3 Å². The first-order chi connectivity index (χ1) is 33.3. The van der Waals surface area contributed by atoms with E-state index in [1.165, 1.54) is 124 Å². The Bertz CT molecular complexity index is 3810. The van der Waals surface area contributed by atoms with E-state index >= 15 is 0 Å².